The van der Waals surface area contributed by atoms with Crippen molar-refractivity contribution in [2.45, 2.75) is 19.4 Å². The standard InChI is InChI=1S/C13H12F3N3O2/c1-8(9-4-2-3-5-17-9)19-7-18-12(16)11(19)13(20)21-6-10(14)15/h2-5,7-8,10H,6H2,1H3/t8-/m1/s1. The lowest BCUT2D eigenvalue weighted by Gasteiger charge is -2.15. The Hall–Kier alpha value is -2.38. The third kappa shape index (κ3) is 3.39. The third-order valence-electron chi connectivity index (χ3n) is 2.82. The molecule has 2 rings (SSSR count). The first-order chi connectivity index (χ1) is 10.0. The number of carbonyl (C=O) groups is 1. The number of carbonyl (C=O) groups excluding carboxylic acids is 1. The maximum Gasteiger partial charge on any atom is 0.360 e. The van der Waals surface area contributed by atoms with Gasteiger partial charge in [-0.15, -0.1) is 0 Å². The summed E-state index contributed by atoms with van der Waals surface area (Å²) in [5.41, 5.74) is 0.0617. The van der Waals surface area contributed by atoms with Gasteiger partial charge < -0.3 is 9.30 Å². The average Bonchev–Trinajstić information content (AvgIpc) is 2.86. The molecule has 5 nitrogen and oxygen atoms in total. The minimum Gasteiger partial charge on any atom is -0.455 e. The van der Waals surface area contributed by atoms with Crippen LogP contribution in [0.5, 0.6) is 0 Å². The smallest absolute Gasteiger partial charge is 0.360 e. The zero-order valence-electron chi connectivity index (χ0n) is 11.0. The molecule has 112 valence electrons. The van der Waals surface area contributed by atoms with Gasteiger partial charge in [-0.1, -0.05) is 6.07 Å². The number of pyridine rings is 1. The van der Waals surface area contributed by atoms with E-state index in [0.717, 1.165) is 6.33 Å². The van der Waals surface area contributed by atoms with Crippen LogP contribution in [-0.4, -0.2) is 33.5 Å². The van der Waals surface area contributed by atoms with Crippen LogP contribution in [0.2, 0.25) is 0 Å². The molecular formula is C13H12F3N3O2. The minimum absolute atomic E-state index is 0.503. The van der Waals surface area contributed by atoms with E-state index in [0.29, 0.717) is 5.69 Å². The lowest BCUT2D eigenvalue weighted by Crippen LogP contribution is -2.19. The molecule has 0 amide bonds. The van der Waals surface area contributed by atoms with E-state index in [4.69, 9.17) is 0 Å². The Bertz CT molecular complexity index is 616. The first kappa shape index (κ1) is 15.0. The molecular weight excluding hydrogens is 287 g/mol. The first-order valence-corrected chi connectivity index (χ1v) is 6.09. The molecule has 0 N–H and O–H groups in total. The van der Waals surface area contributed by atoms with Gasteiger partial charge in [-0.3, -0.25) is 4.98 Å². The molecule has 0 radical (unpaired) electrons. The van der Waals surface area contributed by atoms with Crippen LogP contribution in [-0.2, 0) is 4.74 Å². The van der Waals surface area contributed by atoms with E-state index < -0.39 is 36.7 Å². The second-order valence-corrected chi connectivity index (χ2v) is 4.21. The number of halogens is 3. The van der Waals surface area contributed by atoms with Crippen molar-refractivity contribution in [1.82, 2.24) is 14.5 Å². The quantitative estimate of drug-likeness (QED) is 0.796. The maximum absolute atomic E-state index is 13.6. The Morgan fingerprint density at radius 2 is 2.14 bits per heavy atom. The fourth-order valence-electron chi connectivity index (χ4n) is 1.79. The van der Waals surface area contributed by atoms with Gasteiger partial charge in [-0.05, 0) is 19.1 Å². The summed E-state index contributed by atoms with van der Waals surface area (Å²) >= 11 is 0. The predicted octanol–water partition coefficient (Wildman–Crippen LogP) is 2.45. The molecule has 0 fully saturated rings. The second-order valence-electron chi connectivity index (χ2n) is 4.21. The van der Waals surface area contributed by atoms with Crippen LogP contribution in [0, 0.1) is 5.95 Å². The molecule has 2 aromatic heterocycles. The molecule has 1 atom stereocenters. The highest BCUT2D eigenvalue weighted by Gasteiger charge is 2.25. The van der Waals surface area contributed by atoms with E-state index in [1.54, 1.807) is 31.3 Å². The summed E-state index contributed by atoms with van der Waals surface area (Å²) < 4.78 is 43.3. The monoisotopic (exact) mass is 299 g/mol. The van der Waals surface area contributed by atoms with Crippen molar-refractivity contribution in [3.05, 3.63) is 48.1 Å². The Balaban J connectivity index is 2.27. The van der Waals surface area contributed by atoms with Gasteiger partial charge in [-0.25, -0.2) is 18.6 Å². The van der Waals surface area contributed by atoms with Crippen molar-refractivity contribution in [3.63, 3.8) is 0 Å². The normalized spacial score (nSPS) is 12.4. The summed E-state index contributed by atoms with van der Waals surface area (Å²) in [4.78, 5) is 19.2. The second kappa shape index (κ2) is 6.38. The fourth-order valence-corrected chi connectivity index (χ4v) is 1.79. The van der Waals surface area contributed by atoms with Crippen LogP contribution in [0.15, 0.2) is 30.7 Å². The number of aromatic nitrogens is 3. The lowest BCUT2D eigenvalue weighted by molar-refractivity contribution is 0.0145. The van der Waals surface area contributed by atoms with Crippen LogP contribution in [0.25, 0.3) is 0 Å². The average molecular weight is 299 g/mol. The zero-order valence-corrected chi connectivity index (χ0v) is 11.0. The Morgan fingerprint density at radius 3 is 2.76 bits per heavy atom. The number of hydrogen-bond acceptors (Lipinski definition) is 4. The predicted molar refractivity (Wildman–Crippen MR) is 66.5 cm³/mol. The molecule has 0 saturated heterocycles. The van der Waals surface area contributed by atoms with E-state index in [9.17, 15) is 18.0 Å². The molecule has 0 aliphatic rings. The van der Waals surface area contributed by atoms with Gasteiger partial charge in [-0.2, -0.15) is 4.39 Å². The molecule has 0 saturated carbocycles. The Labute approximate surface area is 118 Å². The molecule has 2 aromatic rings. The number of alkyl halides is 2. The number of hydrogen-bond donors (Lipinski definition) is 0. The van der Waals surface area contributed by atoms with Crippen molar-refractivity contribution in [2.75, 3.05) is 6.61 Å². The van der Waals surface area contributed by atoms with Gasteiger partial charge in [0.05, 0.1) is 18.1 Å². The van der Waals surface area contributed by atoms with Gasteiger partial charge in [0.25, 0.3) is 6.43 Å². The molecule has 0 aliphatic heterocycles. The van der Waals surface area contributed by atoms with Crippen molar-refractivity contribution >= 4 is 5.97 Å². The van der Waals surface area contributed by atoms with Crippen LogP contribution >= 0.6 is 0 Å². The number of ether oxygens (including phenoxy) is 1. The van der Waals surface area contributed by atoms with E-state index in [1.165, 1.54) is 4.57 Å². The highest BCUT2D eigenvalue weighted by Crippen LogP contribution is 2.20. The highest BCUT2D eigenvalue weighted by atomic mass is 19.3. The summed E-state index contributed by atoms with van der Waals surface area (Å²) in [7, 11) is 0. The van der Waals surface area contributed by atoms with Gasteiger partial charge in [0.15, 0.2) is 12.3 Å². The van der Waals surface area contributed by atoms with E-state index in [-0.39, 0.29) is 0 Å². The van der Waals surface area contributed by atoms with Crippen molar-refractivity contribution < 1.29 is 22.7 Å². The summed E-state index contributed by atoms with van der Waals surface area (Å²) in [5.74, 6) is -2.26. The maximum atomic E-state index is 13.6. The van der Waals surface area contributed by atoms with Crippen LogP contribution in [0.3, 0.4) is 0 Å². The largest absolute Gasteiger partial charge is 0.455 e. The van der Waals surface area contributed by atoms with Gasteiger partial charge in [0.2, 0.25) is 5.95 Å². The van der Waals surface area contributed by atoms with Gasteiger partial charge >= 0.3 is 5.97 Å². The summed E-state index contributed by atoms with van der Waals surface area (Å²) in [5, 5.41) is 0. The first-order valence-electron chi connectivity index (χ1n) is 6.09. The number of rotatable bonds is 5. The van der Waals surface area contributed by atoms with Crippen molar-refractivity contribution in [1.29, 1.82) is 0 Å². The van der Waals surface area contributed by atoms with Crippen molar-refractivity contribution in [3.8, 4) is 0 Å². The highest BCUT2D eigenvalue weighted by molar-refractivity contribution is 5.87. The van der Waals surface area contributed by atoms with Gasteiger partial charge in [0.1, 0.15) is 0 Å². The molecule has 8 heteroatoms. The number of esters is 1. The molecule has 0 bridgehead atoms. The lowest BCUT2D eigenvalue weighted by atomic mass is 10.2. The van der Waals surface area contributed by atoms with E-state index >= 15 is 0 Å². The van der Waals surface area contributed by atoms with Crippen LogP contribution in [0.4, 0.5) is 13.2 Å². The Morgan fingerprint density at radius 1 is 1.38 bits per heavy atom. The number of nitrogens with zero attached hydrogens (tertiary/aromatic N) is 3. The summed E-state index contributed by atoms with van der Waals surface area (Å²) in [6.45, 7) is 0.578. The summed E-state index contributed by atoms with van der Waals surface area (Å²) in [6, 6.07) is 4.64. The zero-order chi connectivity index (χ0) is 15.4. The van der Waals surface area contributed by atoms with Crippen LogP contribution in [0.1, 0.15) is 29.1 Å². The minimum atomic E-state index is -2.82. The van der Waals surface area contributed by atoms with Crippen molar-refractivity contribution in [2.24, 2.45) is 0 Å². The number of imidazole rings is 1. The van der Waals surface area contributed by atoms with E-state index in [2.05, 4.69) is 14.7 Å². The third-order valence-corrected chi connectivity index (χ3v) is 2.82. The molecule has 0 unspecified atom stereocenters. The Kier molecular flexibility index (Phi) is 4.56. The molecule has 21 heavy (non-hydrogen) atoms. The molecule has 0 aliphatic carbocycles. The van der Waals surface area contributed by atoms with E-state index in [1.807, 2.05) is 0 Å². The fraction of sp³-hybridized carbons (Fsp3) is 0.308. The van der Waals surface area contributed by atoms with Gasteiger partial charge in [0, 0.05) is 6.20 Å². The molecule has 0 spiro atoms. The van der Waals surface area contributed by atoms with Crippen LogP contribution < -0.4 is 0 Å². The topological polar surface area (TPSA) is 57.0 Å². The molecule has 2 heterocycles. The SMILES string of the molecule is C[C@H](c1ccccn1)n1cnc(F)c1C(=O)OCC(F)F. The molecule has 0 aromatic carbocycles. The summed E-state index contributed by atoms with van der Waals surface area (Å²) in [6.07, 6.45) is -0.164.